The second-order valence-electron chi connectivity index (χ2n) is 5.04. The van der Waals surface area contributed by atoms with Crippen molar-refractivity contribution in [2.75, 3.05) is 32.8 Å². The molecule has 0 aliphatic carbocycles. The smallest absolute Gasteiger partial charge is 0.317 e. The van der Waals surface area contributed by atoms with Crippen LogP contribution in [0.5, 0.6) is 0 Å². The van der Waals surface area contributed by atoms with E-state index < -0.39 is 5.60 Å². The van der Waals surface area contributed by atoms with Crippen LogP contribution in [0.4, 0.5) is 4.79 Å². The van der Waals surface area contributed by atoms with Gasteiger partial charge in [-0.2, -0.15) is 0 Å². The van der Waals surface area contributed by atoms with Gasteiger partial charge in [0.15, 0.2) is 0 Å². The van der Waals surface area contributed by atoms with E-state index in [-0.39, 0.29) is 12.6 Å². The fourth-order valence-electron chi connectivity index (χ4n) is 2.04. The molecule has 1 heterocycles. The molecule has 1 fully saturated rings. The van der Waals surface area contributed by atoms with E-state index in [1.165, 1.54) is 0 Å². The molecule has 2 rings (SSSR count). The fraction of sp³-hybridized carbons (Fsp3) is 0.500. The van der Waals surface area contributed by atoms with Gasteiger partial charge in [0.25, 0.3) is 0 Å². The standard InChI is InChI=1S/C14H19BrN2O3/c1-14(19,11-2-4-12(15)5-3-11)10-16-13(18)17-6-8-20-9-7-17/h2-5,19H,6-10H2,1H3,(H,16,18). The van der Waals surface area contributed by atoms with Gasteiger partial charge in [0, 0.05) is 17.6 Å². The van der Waals surface area contributed by atoms with E-state index in [9.17, 15) is 9.90 Å². The lowest BCUT2D eigenvalue weighted by molar-refractivity contribution is 0.0423. The van der Waals surface area contributed by atoms with Gasteiger partial charge in [-0.05, 0) is 24.6 Å². The maximum absolute atomic E-state index is 12.0. The van der Waals surface area contributed by atoms with Crippen LogP contribution in [0.2, 0.25) is 0 Å². The number of benzene rings is 1. The van der Waals surface area contributed by atoms with E-state index in [0.717, 1.165) is 10.0 Å². The zero-order valence-corrected chi connectivity index (χ0v) is 13.0. The lowest BCUT2D eigenvalue weighted by atomic mass is 9.96. The van der Waals surface area contributed by atoms with Gasteiger partial charge >= 0.3 is 6.03 Å². The Kier molecular flexibility index (Phi) is 5.01. The molecule has 2 amide bonds. The minimum atomic E-state index is -1.09. The largest absolute Gasteiger partial charge is 0.384 e. The Labute approximate surface area is 127 Å². The third kappa shape index (κ3) is 3.94. The number of carbonyl (C=O) groups excluding carboxylic acids is 1. The van der Waals surface area contributed by atoms with Gasteiger partial charge in [-0.25, -0.2) is 4.79 Å². The van der Waals surface area contributed by atoms with E-state index in [1.807, 2.05) is 24.3 Å². The number of urea groups is 1. The first-order valence-electron chi connectivity index (χ1n) is 6.58. The van der Waals surface area contributed by atoms with Crippen molar-refractivity contribution in [2.24, 2.45) is 0 Å². The maximum atomic E-state index is 12.0. The van der Waals surface area contributed by atoms with Crippen molar-refractivity contribution < 1.29 is 14.6 Å². The summed E-state index contributed by atoms with van der Waals surface area (Å²) in [6, 6.07) is 7.25. The van der Waals surface area contributed by atoms with E-state index in [1.54, 1.807) is 11.8 Å². The summed E-state index contributed by atoms with van der Waals surface area (Å²) in [5.41, 5.74) is -0.328. The first kappa shape index (κ1) is 15.3. The average molecular weight is 343 g/mol. The van der Waals surface area contributed by atoms with Crippen molar-refractivity contribution in [1.82, 2.24) is 10.2 Å². The molecule has 1 aliphatic heterocycles. The summed E-state index contributed by atoms with van der Waals surface area (Å²) in [6.45, 7) is 4.17. The molecule has 6 heteroatoms. The number of halogens is 1. The number of rotatable bonds is 3. The minimum Gasteiger partial charge on any atom is -0.384 e. The molecule has 110 valence electrons. The van der Waals surface area contributed by atoms with Crippen LogP contribution in [0.3, 0.4) is 0 Å². The molecule has 1 unspecified atom stereocenters. The Balaban J connectivity index is 1.91. The Bertz CT molecular complexity index is 456. The van der Waals surface area contributed by atoms with Gasteiger partial charge in [0.1, 0.15) is 5.60 Å². The molecule has 1 aromatic carbocycles. The second-order valence-corrected chi connectivity index (χ2v) is 5.95. The van der Waals surface area contributed by atoms with Crippen molar-refractivity contribution in [2.45, 2.75) is 12.5 Å². The highest BCUT2D eigenvalue weighted by molar-refractivity contribution is 9.10. The minimum absolute atomic E-state index is 0.161. The molecule has 2 N–H and O–H groups in total. The maximum Gasteiger partial charge on any atom is 0.317 e. The Morgan fingerprint density at radius 3 is 2.60 bits per heavy atom. The molecule has 0 saturated carbocycles. The van der Waals surface area contributed by atoms with E-state index in [2.05, 4.69) is 21.2 Å². The number of nitrogens with zero attached hydrogens (tertiary/aromatic N) is 1. The predicted molar refractivity (Wildman–Crippen MR) is 79.5 cm³/mol. The number of aliphatic hydroxyl groups is 1. The van der Waals surface area contributed by atoms with E-state index in [4.69, 9.17) is 4.74 Å². The predicted octanol–water partition coefficient (Wildman–Crippen LogP) is 1.70. The fourth-order valence-corrected chi connectivity index (χ4v) is 2.30. The third-order valence-corrected chi connectivity index (χ3v) is 3.88. The molecule has 0 bridgehead atoms. The summed E-state index contributed by atoms with van der Waals surface area (Å²) >= 11 is 3.36. The van der Waals surface area contributed by atoms with Gasteiger partial charge in [0.05, 0.1) is 19.8 Å². The van der Waals surface area contributed by atoms with Crippen LogP contribution in [-0.4, -0.2) is 48.9 Å². The van der Waals surface area contributed by atoms with Crippen LogP contribution >= 0.6 is 15.9 Å². The van der Waals surface area contributed by atoms with Crippen LogP contribution in [-0.2, 0) is 10.3 Å². The SMILES string of the molecule is CC(O)(CNC(=O)N1CCOCC1)c1ccc(Br)cc1. The number of ether oxygens (including phenoxy) is 1. The first-order valence-corrected chi connectivity index (χ1v) is 7.37. The molecule has 0 aromatic heterocycles. The summed E-state index contributed by atoms with van der Waals surface area (Å²) in [4.78, 5) is 13.7. The lowest BCUT2D eigenvalue weighted by Gasteiger charge is -2.29. The molecule has 1 atom stereocenters. The van der Waals surface area contributed by atoms with Crippen molar-refractivity contribution in [3.05, 3.63) is 34.3 Å². The van der Waals surface area contributed by atoms with Crippen molar-refractivity contribution in [1.29, 1.82) is 0 Å². The van der Waals surface area contributed by atoms with Crippen LogP contribution in [0.15, 0.2) is 28.7 Å². The van der Waals surface area contributed by atoms with Crippen molar-refractivity contribution in [3.8, 4) is 0 Å². The third-order valence-electron chi connectivity index (χ3n) is 3.35. The monoisotopic (exact) mass is 342 g/mol. The summed E-state index contributed by atoms with van der Waals surface area (Å²) in [5, 5.41) is 13.2. The molecule has 1 aromatic rings. The summed E-state index contributed by atoms with van der Waals surface area (Å²) in [7, 11) is 0. The normalized spacial score (nSPS) is 18.4. The highest BCUT2D eigenvalue weighted by Crippen LogP contribution is 2.21. The first-order chi connectivity index (χ1) is 9.49. The summed E-state index contributed by atoms with van der Waals surface area (Å²) < 4.78 is 6.15. The molecular formula is C14H19BrN2O3. The topological polar surface area (TPSA) is 61.8 Å². The number of hydrogen-bond donors (Lipinski definition) is 2. The average Bonchev–Trinajstić information content (AvgIpc) is 2.46. The zero-order valence-electron chi connectivity index (χ0n) is 11.4. The highest BCUT2D eigenvalue weighted by atomic mass is 79.9. The number of hydrogen-bond acceptors (Lipinski definition) is 3. The van der Waals surface area contributed by atoms with Crippen molar-refractivity contribution >= 4 is 22.0 Å². The van der Waals surface area contributed by atoms with Crippen molar-refractivity contribution in [3.63, 3.8) is 0 Å². The summed E-state index contributed by atoms with van der Waals surface area (Å²) in [5.74, 6) is 0. The van der Waals surface area contributed by atoms with E-state index in [0.29, 0.717) is 26.3 Å². The second kappa shape index (κ2) is 6.56. The summed E-state index contributed by atoms with van der Waals surface area (Å²) in [6.07, 6.45) is 0. The molecule has 5 nitrogen and oxygen atoms in total. The molecule has 1 saturated heterocycles. The van der Waals surface area contributed by atoms with Crippen LogP contribution < -0.4 is 5.32 Å². The number of amides is 2. The number of nitrogens with one attached hydrogen (secondary N) is 1. The molecule has 20 heavy (non-hydrogen) atoms. The van der Waals surface area contributed by atoms with Gasteiger partial charge in [-0.15, -0.1) is 0 Å². The highest BCUT2D eigenvalue weighted by Gasteiger charge is 2.25. The molecule has 0 spiro atoms. The molecular weight excluding hydrogens is 324 g/mol. The van der Waals surface area contributed by atoms with Crippen LogP contribution in [0.1, 0.15) is 12.5 Å². The van der Waals surface area contributed by atoms with Gasteiger partial charge in [0.2, 0.25) is 0 Å². The quantitative estimate of drug-likeness (QED) is 0.878. The lowest BCUT2D eigenvalue weighted by Crippen LogP contribution is -2.49. The van der Waals surface area contributed by atoms with Crippen LogP contribution in [0.25, 0.3) is 0 Å². The Morgan fingerprint density at radius 1 is 1.40 bits per heavy atom. The van der Waals surface area contributed by atoms with Gasteiger partial charge in [-0.1, -0.05) is 28.1 Å². The number of carbonyl (C=O) groups is 1. The van der Waals surface area contributed by atoms with E-state index >= 15 is 0 Å². The van der Waals surface area contributed by atoms with Crippen LogP contribution in [0, 0.1) is 0 Å². The zero-order chi connectivity index (χ0) is 14.6. The molecule has 1 aliphatic rings. The van der Waals surface area contributed by atoms with Gasteiger partial charge in [-0.3, -0.25) is 0 Å². The Morgan fingerprint density at radius 2 is 2.00 bits per heavy atom. The molecule has 0 radical (unpaired) electrons. The van der Waals surface area contributed by atoms with Gasteiger partial charge < -0.3 is 20.1 Å². The number of morpholine rings is 1. The Hall–Kier alpha value is -1.11.